The zero-order chi connectivity index (χ0) is 44.8. The molecule has 1 aromatic heterocycles. The average Bonchev–Trinajstić information content (AvgIpc) is 3.44. The van der Waals surface area contributed by atoms with Crippen molar-refractivity contribution in [3.8, 4) is 0 Å². The number of esters is 2. The van der Waals surface area contributed by atoms with Gasteiger partial charge in [-0.15, -0.1) is 0 Å². The molecule has 0 saturated carbocycles. The van der Waals surface area contributed by atoms with Crippen molar-refractivity contribution in [1.29, 1.82) is 0 Å². The molecule has 0 fully saturated rings. The van der Waals surface area contributed by atoms with Crippen LogP contribution in [0.1, 0.15) is 120 Å². The minimum atomic E-state index is -4.74. The summed E-state index contributed by atoms with van der Waals surface area (Å²) in [6, 6.07) is 0. The number of carbonyl (C=O) groups is 2. The number of quaternary nitrogens is 1. The van der Waals surface area contributed by atoms with E-state index < -0.39 is 57.4 Å². The van der Waals surface area contributed by atoms with Gasteiger partial charge in [-0.2, -0.15) is 0 Å². The fraction of sp³-hybridized carbons (Fsp3) is 0.652. The van der Waals surface area contributed by atoms with Crippen LogP contribution in [0.3, 0.4) is 0 Å². The van der Waals surface area contributed by atoms with E-state index in [1.54, 1.807) is 42.5 Å². The highest BCUT2D eigenvalue weighted by Gasteiger charge is 2.22. The maximum atomic E-state index is 12.7. The summed E-state index contributed by atoms with van der Waals surface area (Å²) in [7, 11) is 0.908. The minimum absolute atomic E-state index is 0.0834. The number of rotatable bonds is 34. The van der Waals surface area contributed by atoms with Crippen molar-refractivity contribution in [2.24, 2.45) is 0 Å². The first kappa shape index (κ1) is 54.9. The van der Waals surface area contributed by atoms with E-state index in [4.69, 9.17) is 22.9 Å². The van der Waals surface area contributed by atoms with E-state index in [1.165, 1.54) is 17.2 Å². The lowest BCUT2D eigenvalue weighted by Crippen LogP contribution is -2.37. The third kappa shape index (κ3) is 27.7. The van der Waals surface area contributed by atoms with Gasteiger partial charge in [-0.3, -0.25) is 14.2 Å². The van der Waals surface area contributed by atoms with Gasteiger partial charge in [0.05, 0.1) is 46.1 Å². The number of ether oxygens (including phenoxy) is 2. The molecular formula is C46H76NO12P. The highest BCUT2D eigenvalue weighted by molar-refractivity contribution is 7.45. The summed E-state index contributed by atoms with van der Waals surface area (Å²) >= 11 is 0. The molecule has 0 aliphatic rings. The third-order valence-electron chi connectivity index (χ3n) is 9.57. The summed E-state index contributed by atoms with van der Waals surface area (Å²) in [5.41, 5.74) is 2.53. The molecule has 1 unspecified atom stereocenters. The normalized spacial score (nSPS) is 15.7. The number of aliphatic hydroxyl groups is 3. The predicted molar refractivity (Wildman–Crippen MR) is 234 cm³/mol. The second-order valence-corrected chi connectivity index (χ2v) is 17.5. The summed E-state index contributed by atoms with van der Waals surface area (Å²) < 4.78 is 39.7. The largest absolute Gasteiger partial charge is 0.756 e. The van der Waals surface area contributed by atoms with E-state index in [2.05, 4.69) is 20.8 Å². The number of aliphatic hydroxyl groups excluding tert-OH is 3. The van der Waals surface area contributed by atoms with Crippen LogP contribution in [0.2, 0.25) is 0 Å². The lowest BCUT2D eigenvalue weighted by Gasteiger charge is -2.28. The van der Waals surface area contributed by atoms with Gasteiger partial charge in [-0.25, -0.2) is 0 Å². The van der Waals surface area contributed by atoms with Crippen LogP contribution in [0, 0.1) is 13.8 Å². The molecule has 0 amide bonds. The van der Waals surface area contributed by atoms with E-state index in [-0.39, 0.29) is 32.3 Å². The molecule has 13 nitrogen and oxygen atoms in total. The zero-order valence-corrected chi connectivity index (χ0v) is 38.3. The van der Waals surface area contributed by atoms with Crippen LogP contribution in [0.4, 0.5) is 0 Å². The van der Waals surface area contributed by atoms with Crippen LogP contribution >= 0.6 is 7.82 Å². The first-order valence-electron chi connectivity index (χ1n) is 21.7. The molecule has 3 N–H and O–H groups in total. The van der Waals surface area contributed by atoms with Crippen LogP contribution < -0.4 is 4.89 Å². The summed E-state index contributed by atoms with van der Waals surface area (Å²) in [5.74, 6) is 0.978. The Kier molecular flexibility index (Phi) is 29.0. The Hall–Kier alpha value is -3.13. The number of allylic oxidation sites excluding steroid dienone is 7. The maximum Gasteiger partial charge on any atom is 0.306 e. The Morgan fingerprint density at radius 3 is 2.02 bits per heavy atom. The van der Waals surface area contributed by atoms with Crippen molar-refractivity contribution in [3.63, 3.8) is 0 Å². The number of aryl methyl sites for hydroxylation is 2. The van der Waals surface area contributed by atoms with Gasteiger partial charge in [-0.1, -0.05) is 100 Å². The van der Waals surface area contributed by atoms with Crippen LogP contribution in [0.15, 0.2) is 65.2 Å². The summed E-state index contributed by atoms with van der Waals surface area (Å²) in [6.07, 6.45) is 23.5. The minimum Gasteiger partial charge on any atom is -0.756 e. The molecule has 5 atom stereocenters. The van der Waals surface area contributed by atoms with Crippen molar-refractivity contribution in [2.45, 2.75) is 148 Å². The number of phosphoric ester groups is 1. The van der Waals surface area contributed by atoms with Gasteiger partial charge in [-0.05, 0) is 69.9 Å². The number of furan rings is 1. The number of nitrogens with zero attached hydrogens (tertiary/aromatic N) is 1. The van der Waals surface area contributed by atoms with Crippen LogP contribution in [-0.4, -0.2) is 104 Å². The Balaban J connectivity index is 2.53. The van der Waals surface area contributed by atoms with Crippen molar-refractivity contribution in [1.82, 2.24) is 0 Å². The molecule has 14 heteroatoms. The molecule has 0 bridgehead atoms. The summed E-state index contributed by atoms with van der Waals surface area (Å²) in [5, 5.41) is 30.5. The molecule has 60 heavy (non-hydrogen) atoms. The number of hydrogen-bond acceptors (Lipinski definition) is 12. The topological polar surface area (TPSA) is 185 Å². The summed E-state index contributed by atoms with van der Waals surface area (Å²) in [4.78, 5) is 37.7. The second-order valence-electron chi connectivity index (χ2n) is 16.1. The van der Waals surface area contributed by atoms with E-state index in [0.29, 0.717) is 23.9 Å². The van der Waals surface area contributed by atoms with Gasteiger partial charge in [0, 0.05) is 25.7 Å². The summed E-state index contributed by atoms with van der Waals surface area (Å²) in [6.45, 7) is 7.72. The van der Waals surface area contributed by atoms with Crippen molar-refractivity contribution >= 4 is 19.8 Å². The fourth-order valence-corrected chi connectivity index (χ4v) is 6.53. The fourth-order valence-electron chi connectivity index (χ4n) is 5.81. The molecule has 342 valence electrons. The second kappa shape index (κ2) is 31.7. The average molecular weight is 866 g/mol. The highest BCUT2D eigenvalue weighted by atomic mass is 31.2. The number of hydrogen-bond donors (Lipinski definition) is 3. The molecule has 0 aliphatic heterocycles. The Morgan fingerprint density at radius 2 is 1.37 bits per heavy atom. The molecule has 1 rings (SSSR count). The van der Waals surface area contributed by atoms with Crippen LogP contribution in [-0.2, 0) is 45.5 Å². The van der Waals surface area contributed by atoms with Crippen molar-refractivity contribution in [3.05, 3.63) is 83.4 Å². The highest BCUT2D eigenvalue weighted by Crippen LogP contribution is 2.38. The first-order valence-corrected chi connectivity index (χ1v) is 23.1. The molecule has 0 saturated heterocycles. The van der Waals surface area contributed by atoms with Gasteiger partial charge in [0.25, 0.3) is 7.82 Å². The maximum absolute atomic E-state index is 12.7. The Labute approximate surface area is 360 Å². The van der Waals surface area contributed by atoms with Crippen molar-refractivity contribution in [2.75, 3.05) is 47.5 Å². The lowest BCUT2D eigenvalue weighted by atomic mass is 10.0. The Bertz CT molecular complexity index is 1540. The lowest BCUT2D eigenvalue weighted by molar-refractivity contribution is -0.870. The molecule has 0 aromatic carbocycles. The van der Waals surface area contributed by atoms with Gasteiger partial charge in [0.15, 0.2) is 6.10 Å². The number of likely N-dealkylation sites (N-methyl/N-ethyl adjacent to an activating group) is 1. The van der Waals surface area contributed by atoms with E-state index in [1.807, 2.05) is 40.2 Å². The molecule has 1 aromatic rings. The number of phosphoric acid groups is 1. The first-order chi connectivity index (χ1) is 28.5. The molecule has 0 aliphatic carbocycles. The molecule has 0 radical (unpaired) electrons. The monoisotopic (exact) mass is 866 g/mol. The van der Waals surface area contributed by atoms with E-state index in [9.17, 15) is 34.4 Å². The molecule has 0 spiro atoms. The van der Waals surface area contributed by atoms with E-state index in [0.717, 1.165) is 69.3 Å². The zero-order valence-electron chi connectivity index (χ0n) is 37.4. The Morgan fingerprint density at radius 1 is 0.767 bits per heavy atom. The number of unbranched alkanes of at least 4 members (excludes halogenated alkanes) is 5. The molecular weight excluding hydrogens is 789 g/mol. The number of carbonyl (C=O) groups excluding carboxylic acids is 2. The SMILES string of the molecule is CC/C=C\C[C@H](O)/C=C/C=C/C=C\C=C/[C@@H](O)[C@H](O)CCCC(=O)O[C@H](COC(=O)CCCCCCCCc1oc(CCC)c(C)c1C)COP(=O)([O-])OCC[N+](C)(C)C. The standard InChI is InChI=1S/C46H76NO12P/c1-8-10-19-26-39(48)27-20-15-11-12-16-21-28-41(49)42(50)29-24-32-46(52)58-40(36-57-60(53,54)56-34-33-47(5,6)7)35-55-45(51)31-23-18-14-13-17-22-30-44-38(4)37(3)43(59-44)25-9-2/h10-12,15-16,19-21,27-28,39-42,48-50H,8-9,13-14,17-18,22-26,29-36H2,1-7H3/b15-11+,16-12-,19-10-,27-20+,28-21-/t39-,40+,41+,42+/m0/s1. The van der Waals surface area contributed by atoms with Crippen LogP contribution in [0.5, 0.6) is 0 Å². The smallest absolute Gasteiger partial charge is 0.306 e. The van der Waals surface area contributed by atoms with Crippen LogP contribution in [0.25, 0.3) is 0 Å². The van der Waals surface area contributed by atoms with Gasteiger partial charge >= 0.3 is 11.9 Å². The molecule has 1 heterocycles. The third-order valence-corrected chi connectivity index (χ3v) is 10.5. The van der Waals surface area contributed by atoms with Gasteiger partial charge in [0.1, 0.15) is 31.3 Å². The quantitative estimate of drug-likeness (QED) is 0.0154. The predicted octanol–water partition coefficient (Wildman–Crippen LogP) is 7.62. The van der Waals surface area contributed by atoms with Gasteiger partial charge < -0.3 is 47.6 Å². The van der Waals surface area contributed by atoms with Gasteiger partial charge in [0.2, 0.25) is 0 Å². The van der Waals surface area contributed by atoms with Crippen molar-refractivity contribution < 1.29 is 61.8 Å². The van der Waals surface area contributed by atoms with E-state index >= 15 is 0 Å².